The van der Waals surface area contributed by atoms with Crippen molar-refractivity contribution in [2.75, 3.05) is 11.4 Å². The van der Waals surface area contributed by atoms with E-state index in [2.05, 4.69) is 5.48 Å². The molecule has 6 heteroatoms. The molecule has 0 spiro atoms. The van der Waals surface area contributed by atoms with Gasteiger partial charge in [0.25, 0.3) is 5.91 Å². The highest BCUT2D eigenvalue weighted by Gasteiger charge is 2.31. The van der Waals surface area contributed by atoms with Gasteiger partial charge in [-0.3, -0.25) is 14.4 Å². The predicted molar refractivity (Wildman–Crippen MR) is 92.9 cm³/mol. The summed E-state index contributed by atoms with van der Waals surface area (Å²) >= 11 is 0. The molecule has 0 aromatic heterocycles. The minimum absolute atomic E-state index is 0.140. The molecule has 0 saturated carbocycles. The summed E-state index contributed by atoms with van der Waals surface area (Å²) in [4.78, 5) is 31.1. The minimum atomic E-state index is -0.563. The number of nitrogens with zero attached hydrogens (tertiary/aromatic N) is 1. The Morgan fingerprint density at radius 1 is 1.16 bits per heavy atom. The van der Waals surface area contributed by atoms with Gasteiger partial charge in [-0.1, -0.05) is 42.5 Å². The fraction of sp³-hybridized carbons (Fsp3) is 0.263. The van der Waals surface area contributed by atoms with E-state index in [0.29, 0.717) is 18.0 Å². The Hall–Kier alpha value is -2.86. The standard InChI is InChI=1S/C19H20N2O4/c1-14-19(23)21(16-9-5-6-10-17(16)25-14)12-11-18(22)20-24-13-15-7-3-2-4-8-15/h2-10,14H,11-13H2,1H3,(H,20,22). The maximum Gasteiger partial charge on any atom is 0.267 e. The van der Waals surface area contributed by atoms with Gasteiger partial charge < -0.3 is 9.64 Å². The second kappa shape index (κ2) is 7.81. The van der Waals surface area contributed by atoms with E-state index in [-0.39, 0.29) is 24.8 Å². The number of hydrogen-bond acceptors (Lipinski definition) is 4. The van der Waals surface area contributed by atoms with Crippen molar-refractivity contribution in [3.63, 3.8) is 0 Å². The van der Waals surface area contributed by atoms with Crippen LogP contribution in [0.4, 0.5) is 5.69 Å². The van der Waals surface area contributed by atoms with Gasteiger partial charge in [0.15, 0.2) is 6.10 Å². The number of anilines is 1. The van der Waals surface area contributed by atoms with Crippen LogP contribution >= 0.6 is 0 Å². The normalized spacial score (nSPS) is 16.1. The third kappa shape index (κ3) is 4.16. The molecule has 1 unspecified atom stereocenters. The molecular formula is C19H20N2O4. The number of para-hydroxylation sites is 2. The third-order valence-corrected chi connectivity index (χ3v) is 3.90. The first-order chi connectivity index (χ1) is 12.1. The zero-order valence-corrected chi connectivity index (χ0v) is 14.0. The van der Waals surface area contributed by atoms with Crippen molar-refractivity contribution in [2.45, 2.75) is 26.1 Å². The number of carbonyl (C=O) groups excluding carboxylic acids is 2. The van der Waals surface area contributed by atoms with Crippen molar-refractivity contribution >= 4 is 17.5 Å². The molecule has 1 heterocycles. The van der Waals surface area contributed by atoms with Crippen molar-refractivity contribution < 1.29 is 19.2 Å². The van der Waals surface area contributed by atoms with Crippen LogP contribution in [-0.4, -0.2) is 24.5 Å². The van der Waals surface area contributed by atoms with Crippen LogP contribution in [0.5, 0.6) is 5.75 Å². The number of ether oxygens (including phenoxy) is 1. The molecule has 0 saturated heterocycles. The van der Waals surface area contributed by atoms with Crippen molar-refractivity contribution in [3.05, 3.63) is 60.2 Å². The Morgan fingerprint density at radius 3 is 2.68 bits per heavy atom. The molecule has 130 valence electrons. The number of fused-ring (bicyclic) bond motifs is 1. The summed E-state index contributed by atoms with van der Waals surface area (Å²) in [5.41, 5.74) is 4.06. The number of carbonyl (C=O) groups is 2. The van der Waals surface area contributed by atoms with Crippen LogP contribution in [0.25, 0.3) is 0 Å². The highest BCUT2D eigenvalue weighted by molar-refractivity contribution is 6.00. The molecule has 1 aliphatic rings. The van der Waals surface area contributed by atoms with Gasteiger partial charge in [-0.05, 0) is 24.6 Å². The van der Waals surface area contributed by atoms with Gasteiger partial charge in [-0.15, -0.1) is 0 Å². The number of hydroxylamine groups is 1. The van der Waals surface area contributed by atoms with E-state index in [1.54, 1.807) is 11.8 Å². The summed E-state index contributed by atoms with van der Waals surface area (Å²) in [5.74, 6) is 0.215. The molecule has 3 rings (SSSR count). The molecule has 0 bridgehead atoms. The summed E-state index contributed by atoms with van der Waals surface area (Å²) in [6.45, 7) is 2.27. The molecule has 0 fully saturated rings. The van der Waals surface area contributed by atoms with E-state index in [1.165, 1.54) is 0 Å². The smallest absolute Gasteiger partial charge is 0.267 e. The minimum Gasteiger partial charge on any atom is -0.479 e. The first-order valence-corrected chi connectivity index (χ1v) is 8.17. The Morgan fingerprint density at radius 2 is 1.88 bits per heavy atom. The van der Waals surface area contributed by atoms with Crippen molar-refractivity contribution in [1.82, 2.24) is 5.48 Å². The monoisotopic (exact) mass is 340 g/mol. The quantitative estimate of drug-likeness (QED) is 0.820. The number of hydrogen-bond donors (Lipinski definition) is 1. The maximum atomic E-state index is 12.3. The average Bonchev–Trinajstić information content (AvgIpc) is 2.63. The van der Waals surface area contributed by atoms with Crippen molar-refractivity contribution in [2.24, 2.45) is 0 Å². The van der Waals surface area contributed by atoms with E-state index >= 15 is 0 Å². The first kappa shape index (κ1) is 17.0. The summed E-state index contributed by atoms with van der Waals surface area (Å²) in [6.07, 6.45) is -0.422. The van der Waals surface area contributed by atoms with Crippen LogP contribution in [-0.2, 0) is 21.0 Å². The SMILES string of the molecule is CC1Oc2ccccc2N(CCC(=O)NOCc2ccccc2)C1=O. The summed E-state index contributed by atoms with van der Waals surface area (Å²) in [6, 6.07) is 16.9. The fourth-order valence-corrected chi connectivity index (χ4v) is 2.63. The summed E-state index contributed by atoms with van der Waals surface area (Å²) in [5, 5.41) is 0. The van der Waals surface area contributed by atoms with Gasteiger partial charge in [0.2, 0.25) is 5.91 Å². The highest BCUT2D eigenvalue weighted by atomic mass is 16.6. The van der Waals surface area contributed by atoms with Crippen LogP contribution in [0.2, 0.25) is 0 Å². The van der Waals surface area contributed by atoms with E-state index in [9.17, 15) is 9.59 Å². The van der Waals surface area contributed by atoms with Gasteiger partial charge in [-0.25, -0.2) is 5.48 Å². The van der Waals surface area contributed by atoms with E-state index < -0.39 is 6.10 Å². The lowest BCUT2D eigenvalue weighted by molar-refractivity contribution is -0.134. The van der Waals surface area contributed by atoms with E-state index in [1.807, 2.05) is 54.6 Å². The van der Waals surface area contributed by atoms with Crippen LogP contribution in [0.15, 0.2) is 54.6 Å². The molecule has 2 amide bonds. The van der Waals surface area contributed by atoms with Gasteiger partial charge in [0.05, 0.1) is 12.3 Å². The first-order valence-electron chi connectivity index (χ1n) is 8.17. The molecule has 0 aliphatic carbocycles. The molecule has 1 N–H and O–H groups in total. The average molecular weight is 340 g/mol. The Bertz CT molecular complexity index is 748. The van der Waals surface area contributed by atoms with Crippen molar-refractivity contribution in [3.8, 4) is 5.75 Å². The van der Waals surface area contributed by atoms with Gasteiger partial charge in [-0.2, -0.15) is 0 Å². The molecule has 1 atom stereocenters. The molecular weight excluding hydrogens is 320 g/mol. The molecule has 1 aliphatic heterocycles. The fourth-order valence-electron chi connectivity index (χ4n) is 2.63. The number of benzene rings is 2. The largest absolute Gasteiger partial charge is 0.479 e. The van der Waals surface area contributed by atoms with Gasteiger partial charge >= 0.3 is 0 Å². The molecule has 25 heavy (non-hydrogen) atoms. The predicted octanol–water partition coefficient (Wildman–Crippen LogP) is 2.44. The summed E-state index contributed by atoms with van der Waals surface area (Å²) in [7, 11) is 0. The second-order valence-electron chi connectivity index (χ2n) is 5.77. The zero-order chi connectivity index (χ0) is 17.6. The number of rotatable bonds is 6. The molecule has 2 aromatic carbocycles. The Kier molecular flexibility index (Phi) is 5.30. The van der Waals surface area contributed by atoms with E-state index in [0.717, 1.165) is 5.56 Å². The van der Waals surface area contributed by atoms with Crippen LogP contribution in [0, 0.1) is 0 Å². The van der Waals surface area contributed by atoms with Crippen LogP contribution < -0.4 is 15.1 Å². The lowest BCUT2D eigenvalue weighted by atomic mass is 10.1. The topological polar surface area (TPSA) is 67.9 Å². The zero-order valence-electron chi connectivity index (χ0n) is 14.0. The van der Waals surface area contributed by atoms with E-state index in [4.69, 9.17) is 9.57 Å². The maximum absolute atomic E-state index is 12.3. The van der Waals surface area contributed by atoms with Crippen LogP contribution in [0.1, 0.15) is 18.9 Å². The molecule has 6 nitrogen and oxygen atoms in total. The van der Waals surface area contributed by atoms with Crippen molar-refractivity contribution in [1.29, 1.82) is 0 Å². The summed E-state index contributed by atoms with van der Waals surface area (Å²) < 4.78 is 5.58. The Labute approximate surface area is 146 Å². The number of amides is 2. The highest BCUT2D eigenvalue weighted by Crippen LogP contribution is 2.33. The lowest BCUT2D eigenvalue weighted by Gasteiger charge is -2.32. The lowest BCUT2D eigenvalue weighted by Crippen LogP contribution is -2.45. The number of nitrogens with one attached hydrogen (secondary N) is 1. The Balaban J connectivity index is 1.52. The molecule has 0 radical (unpaired) electrons. The van der Waals surface area contributed by atoms with Crippen LogP contribution in [0.3, 0.4) is 0 Å². The third-order valence-electron chi connectivity index (χ3n) is 3.90. The second-order valence-corrected chi connectivity index (χ2v) is 5.77. The molecule has 2 aromatic rings. The van der Waals surface area contributed by atoms with Gasteiger partial charge in [0, 0.05) is 13.0 Å². The van der Waals surface area contributed by atoms with Gasteiger partial charge in [0.1, 0.15) is 5.75 Å².